The molecule has 0 unspecified atom stereocenters. The van der Waals surface area contributed by atoms with Crippen LogP contribution in [0.2, 0.25) is 0 Å². The summed E-state index contributed by atoms with van der Waals surface area (Å²) in [4.78, 5) is 25.0. The van der Waals surface area contributed by atoms with Crippen LogP contribution in [-0.2, 0) is 11.3 Å². The SMILES string of the molecule is O=C(O)CCN(CCn1nc2ccccn2c1=O)C1CC1. The number of nitrogens with zero attached hydrogens (tertiary/aromatic N) is 4. The Morgan fingerprint density at radius 1 is 1.38 bits per heavy atom. The third-order valence-electron chi connectivity index (χ3n) is 3.76. The second-order valence-corrected chi connectivity index (χ2v) is 5.35. The number of rotatable bonds is 7. The monoisotopic (exact) mass is 290 g/mol. The molecule has 3 rings (SSSR count). The number of carbonyl (C=O) groups is 1. The zero-order chi connectivity index (χ0) is 14.8. The summed E-state index contributed by atoms with van der Waals surface area (Å²) >= 11 is 0. The van der Waals surface area contributed by atoms with E-state index in [1.165, 1.54) is 9.08 Å². The average molecular weight is 290 g/mol. The van der Waals surface area contributed by atoms with Gasteiger partial charge in [-0.15, -0.1) is 5.10 Å². The molecule has 7 nitrogen and oxygen atoms in total. The van der Waals surface area contributed by atoms with Crippen molar-refractivity contribution in [1.82, 2.24) is 19.1 Å². The molecular formula is C14H18N4O3. The van der Waals surface area contributed by atoms with Crippen molar-refractivity contribution in [2.24, 2.45) is 0 Å². The van der Waals surface area contributed by atoms with Crippen LogP contribution in [0.25, 0.3) is 5.65 Å². The van der Waals surface area contributed by atoms with E-state index in [2.05, 4.69) is 10.00 Å². The number of aromatic nitrogens is 3. The van der Waals surface area contributed by atoms with Gasteiger partial charge in [-0.05, 0) is 25.0 Å². The second-order valence-electron chi connectivity index (χ2n) is 5.35. The van der Waals surface area contributed by atoms with E-state index in [-0.39, 0.29) is 12.1 Å². The third kappa shape index (κ3) is 3.13. The van der Waals surface area contributed by atoms with Gasteiger partial charge in [0.2, 0.25) is 0 Å². The van der Waals surface area contributed by atoms with Gasteiger partial charge in [0.25, 0.3) is 0 Å². The van der Waals surface area contributed by atoms with Crippen LogP contribution in [0.3, 0.4) is 0 Å². The van der Waals surface area contributed by atoms with E-state index in [1.54, 1.807) is 18.3 Å². The maximum absolute atomic E-state index is 12.1. The highest BCUT2D eigenvalue weighted by atomic mass is 16.4. The fraction of sp³-hybridized carbons (Fsp3) is 0.500. The van der Waals surface area contributed by atoms with Gasteiger partial charge in [0.05, 0.1) is 13.0 Å². The van der Waals surface area contributed by atoms with E-state index in [0.717, 1.165) is 12.8 Å². The predicted octanol–water partition coefficient (Wildman–Crippen LogP) is 0.435. The molecule has 0 radical (unpaired) electrons. The molecule has 1 fully saturated rings. The molecule has 1 aliphatic rings. The summed E-state index contributed by atoms with van der Waals surface area (Å²) < 4.78 is 2.96. The van der Waals surface area contributed by atoms with Crippen molar-refractivity contribution in [2.45, 2.75) is 31.8 Å². The number of pyridine rings is 1. The van der Waals surface area contributed by atoms with Crippen LogP contribution in [0, 0.1) is 0 Å². The minimum atomic E-state index is -0.787. The van der Waals surface area contributed by atoms with Crippen LogP contribution in [0.1, 0.15) is 19.3 Å². The number of hydrogen-bond acceptors (Lipinski definition) is 4. The lowest BCUT2D eigenvalue weighted by molar-refractivity contribution is -0.137. The lowest BCUT2D eigenvalue weighted by atomic mass is 10.3. The smallest absolute Gasteiger partial charge is 0.350 e. The maximum atomic E-state index is 12.1. The molecule has 2 aromatic rings. The number of carboxylic acid groups (broad SMARTS) is 1. The van der Waals surface area contributed by atoms with Gasteiger partial charge in [0.1, 0.15) is 0 Å². The van der Waals surface area contributed by atoms with E-state index in [9.17, 15) is 9.59 Å². The molecule has 1 saturated carbocycles. The van der Waals surface area contributed by atoms with Gasteiger partial charge in [0.15, 0.2) is 5.65 Å². The van der Waals surface area contributed by atoms with Crippen molar-refractivity contribution >= 4 is 11.6 Å². The Morgan fingerprint density at radius 3 is 2.86 bits per heavy atom. The highest BCUT2D eigenvalue weighted by Crippen LogP contribution is 2.26. The quantitative estimate of drug-likeness (QED) is 0.800. The van der Waals surface area contributed by atoms with Crippen LogP contribution in [0.5, 0.6) is 0 Å². The summed E-state index contributed by atoms with van der Waals surface area (Å²) in [6, 6.07) is 5.90. The van der Waals surface area contributed by atoms with Gasteiger partial charge in [-0.2, -0.15) is 0 Å². The van der Waals surface area contributed by atoms with Crippen molar-refractivity contribution in [1.29, 1.82) is 0 Å². The first-order valence-corrected chi connectivity index (χ1v) is 7.15. The Balaban J connectivity index is 1.68. The molecule has 1 N–H and O–H groups in total. The summed E-state index contributed by atoms with van der Waals surface area (Å²) in [6.45, 7) is 1.67. The summed E-state index contributed by atoms with van der Waals surface area (Å²) in [7, 11) is 0. The Hall–Kier alpha value is -2.15. The predicted molar refractivity (Wildman–Crippen MR) is 76.3 cm³/mol. The molecule has 0 aliphatic heterocycles. The molecule has 2 heterocycles. The molecule has 1 aliphatic carbocycles. The van der Waals surface area contributed by atoms with E-state index < -0.39 is 5.97 Å². The van der Waals surface area contributed by atoms with E-state index in [0.29, 0.717) is 31.3 Å². The highest BCUT2D eigenvalue weighted by molar-refractivity contribution is 5.66. The van der Waals surface area contributed by atoms with Crippen molar-refractivity contribution < 1.29 is 9.90 Å². The minimum absolute atomic E-state index is 0.135. The number of hydrogen-bond donors (Lipinski definition) is 1. The minimum Gasteiger partial charge on any atom is -0.481 e. The Kier molecular flexibility index (Phi) is 3.74. The van der Waals surface area contributed by atoms with Gasteiger partial charge < -0.3 is 5.11 Å². The lowest BCUT2D eigenvalue weighted by Crippen LogP contribution is -2.34. The zero-order valence-electron chi connectivity index (χ0n) is 11.7. The van der Waals surface area contributed by atoms with Crippen molar-refractivity contribution in [3.8, 4) is 0 Å². The largest absolute Gasteiger partial charge is 0.481 e. The van der Waals surface area contributed by atoms with Gasteiger partial charge >= 0.3 is 11.7 Å². The topological polar surface area (TPSA) is 79.8 Å². The van der Waals surface area contributed by atoms with Crippen molar-refractivity contribution in [3.05, 3.63) is 34.9 Å². The van der Waals surface area contributed by atoms with Gasteiger partial charge in [-0.1, -0.05) is 6.07 Å². The number of carboxylic acids is 1. The molecule has 0 amide bonds. The van der Waals surface area contributed by atoms with Gasteiger partial charge in [-0.25, -0.2) is 9.48 Å². The molecule has 2 aromatic heterocycles. The maximum Gasteiger partial charge on any atom is 0.350 e. The molecule has 0 spiro atoms. The second kappa shape index (κ2) is 5.69. The van der Waals surface area contributed by atoms with Crippen LogP contribution >= 0.6 is 0 Å². The third-order valence-corrected chi connectivity index (χ3v) is 3.76. The van der Waals surface area contributed by atoms with E-state index >= 15 is 0 Å². The van der Waals surface area contributed by atoms with E-state index in [4.69, 9.17) is 5.11 Å². The lowest BCUT2D eigenvalue weighted by Gasteiger charge is -2.20. The molecule has 0 saturated heterocycles. The standard InChI is InChI=1S/C14H18N4O3/c19-13(20)6-8-16(11-4-5-11)9-10-18-14(21)17-7-2-1-3-12(17)15-18/h1-3,7,11H,4-6,8-10H2,(H,19,20). The first-order valence-electron chi connectivity index (χ1n) is 7.15. The fourth-order valence-corrected chi connectivity index (χ4v) is 2.49. The number of fused-ring (bicyclic) bond motifs is 1. The molecular weight excluding hydrogens is 272 g/mol. The first kappa shape index (κ1) is 13.8. The Bertz CT molecular complexity index is 702. The molecule has 0 atom stereocenters. The summed E-state index contributed by atoms with van der Waals surface area (Å²) in [5.41, 5.74) is 0.477. The fourth-order valence-electron chi connectivity index (χ4n) is 2.49. The Morgan fingerprint density at radius 2 is 2.19 bits per heavy atom. The average Bonchev–Trinajstić information content (AvgIpc) is 3.25. The Labute approximate surface area is 121 Å². The summed E-state index contributed by atoms with van der Waals surface area (Å²) in [6.07, 6.45) is 4.06. The summed E-state index contributed by atoms with van der Waals surface area (Å²) in [5, 5.41) is 13.1. The van der Waals surface area contributed by atoms with Crippen LogP contribution in [0.15, 0.2) is 29.2 Å². The van der Waals surface area contributed by atoms with Gasteiger partial charge in [-0.3, -0.25) is 14.1 Å². The van der Waals surface area contributed by atoms with Crippen molar-refractivity contribution in [2.75, 3.05) is 13.1 Å². The normalized spacial score (nSPS) is 14.9. The molecule has 0 aromatic carbocycles. The van der Waals surface area contributed by atoms with E-state index in [1.807, 2.05) is 6.07 Å². The van der Waals surface area contributed by atoms with Crippen LogP contribution < -0.4 is 5.69 Å². The molecule has 7 heteroatoms. The first-order chi connectivity index (χ1) is 10.1. The molecule has 0 bridgehead atoms. The number of aliphatic carboxylic acids is 1. The molecule has 112 valence electrons. The van der Waals surface area contributed by atoms with Crippen molar-refractivity contribution in [3.63, 3.8) is 0 Å². The zero-order valence-corrected chi connectivity index (χ0v) is 11.7. The highest BCUT2D eigenvalue weighted by Gasteiger charge is 2.28. The van der Waals surface area contributed by atoms with Crippen LogP contribution in [-0.4, -0.2) is 49.3 Å². The summed E-state index contributed by atoms with van der Waals surface area (Å²) in [5.74, 6) is -0.787. The van der Waals surface area contributed by atoms with Gasteiger partial charge in [0, 0.05) is 25.3 Å². The van der Waals surface area contributed by atoms with Crippen LogP contribution in [0.4, 0.5) is 0 Å². The molecule has 21 heavy (non-hydrogen) atoms.